The third-order valence-electron chi connectivity index (χ3n) is 4.75. The number of hydrogen-bond acceptors (Lipinski definition) is 5. The van der Waals surface area contributed by atoms with Crippen LogP contribution in [0.5, 0.6) is 0 Å². The van der Waals surface area contributed by atoms with Crippen molar-refractivity contribution in [2.75, 3.05) is 13.2 Å². The number of nitrogens with zero attached hydrogens (tertiary/aromatic N) is 2. The van der Waals surface area contributed by atoms with Crippen LogP contribution in [0.15, 0.2) is 21.3 Å². The van der Waals surface area contributed by atoms with Crippen molar-refractivity contribution in [1.29, 1.82) is 0 Å². The highest BCUT2D eigenvalue weighted by atomic mass is 16.5. The minimum atomic E-state index is 0.264. The summed E-state index contributed by atoms with van der Waals surface area (Å²) < 4.78 is 16.6. The Bertz CT molecular complexity index is 857. The van der Waals surface area contributed by atoms with Gasteiger partial charge in [-0.05, 0) is 43.9 Å². The third-order valence-corrected chi connectivity index (χ3v) is 4.75. The normalized spacial score (nSPS) is 18.1. The maximum Gasteiger partial charge on any atom is 0.231 e. The molecule has 0 saturated carbocycles. The second kappa shape index (κ2) is 5.49. The maximum atomic E-state index is 5.81. The van der Waals surface area contributed by atoms with Gasteiger partial charge in [-0.1, -0.05) is 11.2 Å². The summed E-state index contributed by atoms with van der Waals surface area (Å²) in [5.41, 5.74) is 5.71. The van der Waals surface area contributed by atoms with E-state index in [1.54, 1.807) is 0 Å². The van der Waals surface area contributed by atoms with Crippen molar-refractivity contribution in [2.24, 2.45) is 0 Å². The summed E-state index contributed by atoms with van der Waals surface area (Å²) >= 11 is 0. The first-order valence-corrected chi connectivity index (χ1v) is 8.00. The number of aromatic nitrogens is 2. The molecule has 3 heterocycles. The van der Waals surface area contributed by atoms with Gasteiger partial charge in [0, 0.05) is 23.5 Å². The zero-order chi connectivity index (χ0) is 16.0. The van der Waals surface area contributed by atoms with Crippen LogP contribution in [0.3, 0.4) is 0 Å². The standard InChI is InChI=1S/C18H20N2O3/c1-10-6-11(2)16-14(9-22-17(16)12(10)3)7-15-19-18(20-23-15)13-4-5-21-8-13/h6,9,13H,4-5,7-8H2,1-3H3/t13-/m0/s1. The van der Waals surface area contributed by atoms with Crippen molar-refractivity contribution in [3.63, 3.8) is 0 Å². The zero-order valence-electron chi connectivity index (χ0n) is 13.7. The van der Waals surface area contributed by atoms with E-state index >= 15 is 0 Å². The van der Waals surface area contributed by atoms with E-state index in [1.165, 1.54) is 16.7 Å². The number of benzene rings is 1. The second-order valence-electron chi connectivity index (χ2n) is 6.38. The topological polar surface area (TPSA) is 61.3 Å². The zero-order valence-corrected chi connectivity index (χ0v) is 13.7. The smallest absolute Gasteiger partial charge is 0.231 e. The van der Waals surface area contributed by atoms with E-state index in [9.17, 15) is 0 Å². The highest BCUT2D eigenvalue weighted by Crippen LogP contribution is 2.31. The van der Waals surface area contributed by atoms with Crippen LogP contribution >= 0.6 is 0 Å². The largest absolute Gasteiger partial charge is 0.464 e. The van der Waals surface area contributed by atoms with Gasteiger partial charge in [-0.15, -0.1) is 0 Å². The lowest BCUT2D eigenvalue weighted by atomic mass is 9.99. The molecule has 120 valence electrons. The molecule has 1 atom stereocenters. The van der Waals surface area contributed by atoms with Crippen LogP contribution in [0.25, 0.3) is 11.0 Å². The van der Waals surface area contributed by atoms with Crippen LogP contribution < -0.4 is 0 Å². The Morgan fingerprint density at radius 3 is 2.87 bits per heavy atom. The van der Waals surface area contributed by atoms with Gasteiger partial charge in [-0.3, -0.25) is 0 Å². The van der Waals surface area contributed by atoms with E-state index in [4.69, 9.17) is 13.7 Å². The number of hydrogen-bond donors (Lipinski definition) is 0. The minimum absolute atomic E-state index is 0.264. The Labute approximate surface area is 134 Å². The minimum Gasteiger partial charge on any atom is -0.464 e. The molecule has 0 unspecified atom stereocenters. The monoisotopic (exact) mass is 312 g/mol. The van der Waals surface area contributed by atoms with Crippen molar-refractivity contribution >= 4 is 11.0 Å². The van der Waals surface area contributed by atoms with Crippen molar-refractivity contribution in [1.82, 2.24) is 10.1 Å². The number of furan rings is 1. The molecule has 0 spiro atoms. The molecule has 0 radical (unpaired) electrons. The van der Waals surface area contributed by atoms with E-state index in [1.807, 2.05) is 6.26 Å². The first-order chi connectivity index (χ1) is 11.1. The van der Waals surface area contributed by atoms with Crippen LogP contribution in [0.4, 0.5) is 0 Å². The molecule has 1 aliphatic rings. The molecular formula is C18H20N2O3. The predicted molar refractivity (Wildman–Crippen MR) is 85.7 cm³/mol. The molecule has 0 aliphatic carbocycles. The third kappa shape index (κ3) is 2.45. The van der Waals surface area contributed by atoms with E-state index in [-0.39, 0.29) is 5.92 Å². The molecule has 2 aromatic heterocycles. The van der Waals surface area contributed by atoms with Crippen LogP contribution in [0.1, 0.15) is 46.3 Å². The van der Waals surface area contributed by atoms with Gasteiger partial charge < -0.3 is 13.7 Å². The molecule has 0 amide bonds. The number of ether oxygens (including phenoxy) is 1. The van der Waals surface area contributed by atoms with E-state index in [2.05, 4.69) is 37.0 Å². The van der Waals surface area contributed by atoms with Gasteiger partial charge in [-0.25, -0.2) is 0 Å². The molecule has 0 N–H and O–H groups in total. The Morgan fingerprint density at radius 2 is 2.09 bits per heavy atom. The second-order valence-corrected chi connectivity index (χ2v) is 6.38. The fourth-order valence-electron chi connectivity index (χ4n) is 3.32. The molecule has 3 aromatic rings. The first-order valence-electron chi connectivity index (χ1n) is 8.00. The van der Waals surface area contributed by atoms with Gasteiger partial charge in [0.1, 0.15) is 5.58 Å². The van der Waals surface area contributed by atoms with Gasteiger partial charge >= 0.3 is 0 Å². The van der Waals surface area contributed by atoms with Crippen LogP contribution in [-0.2, 0) is 11.2 Å². The van der Waals surface area contributed by atoms with Crippen molar-refractivity contribution in [3.8, 4) is 0 Å². The summed E-state index contributed by atoms with van der Waals surface area (Å²) in [5, 5.41) is 5.28. The van der Waals surface area contributed by atoms with Gasteiger partial charge in [0.2, 0.25) is 5.89 Å². The van der Waals surface area contributed by atoms with Crippen molar-refractivity contribution < 1.29 is 13.7 Å². The van der Waals surface area contributed by atoms with Crippen LogP contribution in [0.2, 0.25) is 0 Å². The van der Waals surface area contributed by atoms with Gasteiger partial charge in [0.05, 0.1) is 19.3 Å². The van der Waals surface area contributed by atoms with E-state index < -0.39 is 0 Å². The predicted octanol–water partition coefficient (Wildman–Crippen LogP) is 3.84. The SMILES string of the molecule is Cc1cc(C)c2c(Cc3nc([C@H]4CCOC4)no3)coc2c1C. The summed E-state index contributed by atoms with van der Waals surface area (Å²) in [6.07, 6.45) is 3.37. The summed E-state index contributed by atoms with van der Waals surface area (Å²) in [6, 6.07) is 2.20. The fourth-order valence-corrected chi connectivity index (χ4v) is 3.32. The Balaban J connectivity index is 1.67. The first kappa shape index (κ1) is 14.5. The summed E-state index contributed by atoms with van der Waals surface area (Å²) in [7, 11) is 0. The lowest BCUT2D eigenvalue weighted by Crippen LogP contribution is -2.00. The van der Waals surface area contributed by atoms with Gasteiger partial charge in [0.15, 0.2) is 5.82 Å². The molecule has 5 nitrogen and oxygen atoms in total. The summed E-state index contributed by atoms with van der Waals surface area (Å²) in [6.45, 7) is 7.78. The molecule has 1 aliphatic heterocycles. The molecule has 1 fully saturated rings. The van der Waals surface area contributed by atoms with Crippen LogP contribution in [0, 0.1) is 20.8 Å². The van der Waals surface area contributed by atoms with Crippen LogP contribution in [-0.4, -0.2) is 23.4 Å². The molecule has 23 heavy (non-hydrogen) atoms. The van der Waals surface area contributed by atoms with E-state index in [0.717, 1.165) is 35.4 Å². The maximum absolute atomic E-state index is 5.81. The quantitative estimate of drug-likeness (QED) is 0.735. The lowest BCUT2D eigenvalue weighted by Gasteiger charge is -2.05. The van der Waals surface area contributed by atoms with Gasteiger partial charge in [-0.2, -0.15) is 4.98 Å². The highest BCUT2D eigenvalue weighted by Gasteiger charge is 2.23. The summed E-state index contributed by atoms with van der Waals surface area (Å²) in [4.78, 5) is 4.54. The van der Waals surface area contributed by atoms with Crippen molar-refractivity contribution in [3.05, 3.63) is 46.3 Å². The molecule has 1 saturated heterocycles. The molecule has 4 rings (SSSR count). The number of rotatable bonds is 3. The molecule has 5 heteroatoms. The highest BCUT2D eigenvalue weighted by molar-refractivity contribution is 5.88. The lowest BCUT2D eigenvalue weighted by molar-refractivity contribution is 0.192. The number of aryl methyl sites for hydroxylation is 3. The molecule has 1 aromatic carbocycles. The van der Waals surface area contributed by atoms with Gasteiger partial charge in [0.25, 0.3) is 0 Å². The fraction of sp³-hybridized carbons (Fsp3) is 0.444. The Hall–Kier alpha value is -2.14. The van der Waals surface area contributed by atoms with E-state index in [0.29, 0.717) is 18.9 Å². The molecular weight excluding hydrogens is 292 g/mol. The average Bonchev–Trinajstić information content (AvgIpc) is 3.25. The average molecular weight is 312 g/mol. The van der Waals surface area contributed by atoms with Crippen molar-refractivity contribution in [2.45, 2.75) is 39.5 Å². The molecule has 0 bridgehead atoms. The Kier molecular flexibility index (Phi) is 3.45. The summed E-state index contributed by atoms with van der Waals surface area (Å²) in [5.74, 6) is 1.65. The number of fused-ring (bicyclic) bond motifs is 1. The Morgan fingerprint density at radius 1 is 1.22 bits per heavy atom.